The van der Waals surface area contributed by atoms with Crippen LogP contribution in [0, 0.1) is 0 Å². The molecule has 1 N–H and O–H groups in total. The highest BCUT2D eigenvalue weighted by atomic mass is 16.3. The van der Waals surface area contributed by atoms with Gasteiger partial charge in [-0.15, -0.1) is 0 Å². The fraction of sp³-hybridized carbons (Fsp3) is 0.429. The molecule has 0 amide bonds. The van der Waals surface area contributed by atoms with Crippen LogP contribution < -0.4 is 10.2 Å². The molecule has 0 aromatic carbocycles. The van der Waals surface area contributed by atoms with E-state index < -0.39 is 0 Å². The van der Waals surface area contributed by atoms with Crippen LogP contribution in [-0.4, -0.2) is 23.1 Å². The maximum atomic E-state index is 5.38. The van der Waals surface area contributed by atoms with Crippen LogP contribution >= 0.6 is 0 Å². The van der Waals surface area contributed by atoms with E-state index in [1.165, 1.54) is 0 Å². The van der Waals surface area contributed by atoms with Crippen molar-refractivity contribution in [2.75, 3.05) is 18.0 Å². The van der Waals surface area contributed by atoms with Gasteiger partial charge in [-0.25, -0.2) is 4.98 Å². The molecule has 2 rings (SSSR count). The van der Waals surface area contributed by atoms with Gasteiger partial charge in [0.25, 0.3) is 0 Å². The van der Waals surface area contributed by atoms with Crippen molar-refractivity contribution in [3.63, 3.8) is 0 Å². The molecule has 0 aliphatic heterocycles. The Labute approximate surface area is 113 Å². The molecule has 0 bridgehead atoms. The molecule has 5 nitrogen and oxygen atoms in total. The largest absolute Gasteiger partial charge is 0.467 e. The van der Waals surface area contributed by atoms with Crippen molar-refractivity contribution in [2.45, 2.75) is 26.9 Å². The van der Waals surface area contributed by atoms with Gasteiger partial charge in [0.2, 0.25) is 0 Å². The van der Waals surface area contributed by atoms with Crippen molar-refractivity contribution in [1.29, 1.82) is 0 Å². The normalized spacial score (nSPS) is 10.6. The van der Waals surface area contributed by atoms with Crippen LogP contribution in [0.15, 0.2) is 35.2 Å². The summed E-state index contributed by atoms with van der Waals surface area (Å²) in [5.74, 6) is 1.81. The summed E-state index contributed by atoms with van der Waals surface area (Å²) in [7, 11) is 0. The van der Waals surface area contributed by atoms with Crippen molar-refractivity contribution >= 4 is 5.82 Å². The Balaban J connectivity index is 2.09. The van der Waals surface area contributed by atoms with E-state index in [0.29, 0.717) is 6.54 Å². The molecule has 0 atom stereocenters. The molecule has 0 aliphatic carbocycles. The van der Waals surface area contributed by atoms with Gasteiger partial charge in [0.1, 0.15) is 11.6 Å². The quantitative estimate of drug-likeness (QED) is 0.827. The molecule has 0 saturated carbocycles. The van der Waals surface area contributed by atoms with E-state index in [0.717, 1.165) is 36.9 Å². The second-order valence-corrected chi connectivity index (χ2v) is 4.24. The van der Waals surface area contributed by atoms with Crippen molar-refractivity contribution in [3.05, 3.63) is 42.2 Å². The van der Waals surface area contributed by atoms with Crippen LogP contribution in [0.4, 0.5) is 5.82 Å². The Morgan fingerprint density at radius 1 is 1.32 bits per heavy atom. The minimum Gasteiger partial charge on any atom is -0.467 e. The van der Waals surface area contributed by atoms with E-state index in [1.54, 1.807) is 18.7 Å². The molecular formula is C14H20N4O. The van der Waals surface area contributed by atoms with E-state index in [9.17, 15) is 0 Å². The van der Waals surface area contributed by atoms with E-state index >= 15 is 0 Å². The SMILES string of the molecule is CCNCc1cncc(N(CC)Cc2ccco2)n1. The average Bonchev–Trinajstić information content (AvgIpc) is 2.96. The highest BCUT2D eigenvalue weighted by Gasteiger charge is 2.09. The Morgan fingerprint density at radius 3 is 2.89 bits per heavy atom. The standard InChI is InChI=1S/C14H20N4O/c1-3-15-8-12-9-16-10-14(17-12)18(4-2)11-13-6-5-7-19-13/h5-7,9-10,15H,3-4,8,11H2,1-2H3. The van der Waals surface area contributed by atoms with Crippen molar-refractivity contribution in [2.24, 2.45) is 0 Å². The molecule has 0 unspecified atom stereocenters. The fourth-order valence-electron chi connectivity index (χ4n) is 1.83. The van der Waals surface area contributed by atoms with Gasteiger partial charge < -0.3 is 14.6 Å². The summed E-state index contributed by atoms with van der Waals surface area (Å²) >= 11 is 0. The molecule has 19 heavy (non-hydrogen) atoms. The number of rotatable bonds is 7. The molecule has 2 aromatic heterocycles. The van der Waals surface area contributed by atoms with E-state index in [-0.39, 0.29) is 0 Å². The summed E-state index contributed by atoms with van der Waals surface area (Å²) < 4.78 is 5.38. The Morgan fingerprint density at radius 2 is 2.21 bits per heavy atom. The molecule has 2 heterocycles. The summed E-state index contributed by atoms with van der Waals surface area (Å²) in [5, 5.41) is 3.25. The lowest BCUT2D eigenvalue weighted by atomic mass is 10.3. The number of nitrogens with one attached hydrogen (secondary N) is 1. The molecule has 102 valence electrons. The third-order valence-corrected chi connectivity index (χ3v) is 2.86. The van der Waals surface area contributed by atoms with Crippen LogP contribution in [0.5, 0.6) is 0 Å². The summed E-state index contributed by atoms with van der Waals surface area (Å²) in [5.41, 5.74) is 0.956. The molecule has 0 fully saturated rings. The van der Waals surface area contributed by atoms with Gasteiger partial charge in [-0.05, 0) is 25.6 Å². The van der Waals surface area contributed by atoms with Crippen molar-refractivity contribution in [3.8, 4) is 0 Å². The summed E-state index contributed by atoms with van der Waals surface area (Å²) in [6, 6.07) is 3.87. The predicted molar refractivity (Wildman–Crippen MR) is 74.8 cm³/mol. The second-order valence-electron chi connectivity index (χ2n) is 4.24. The first-order valence-corrected chi connectivity index (χ1v) is 6.62. The zero-order valence-electron chi connectivity index (χ0n) is 11.5. The fourth-order valence-corrected chi connectivity index (χ4v) is 1.83. The van der Waals surface area contributed by atoms with Crippen LogP contribution in [0.1, 0.15) is 25.3 Å². The third-order valence-electron chi connectivity index (χ3n) is 2.86. The topological polar surface area (TPSA) is 54.2 Å². The second kappa shape index (κ2) is 6.89. The first-order chi connectivity index (χ1) is 9.33. The van der Waals surface area contributed by atoms with Crippen LogP contribution in [0.2, 0.25) is 0 Å². The Bertz CT molecular complexity index is 484. The number of furan rings is 1. The molecule has 2 aromatic rings. The van der Waals surface area contributed by atoms with Gasteiger partial charge in [0, 0.05) is 19.3 Å². The number of hydrogen-bond acceptors (Lipinski definition) is 5. The van der Waals surface area contributed by atoms with E-state index in [1.807, 2.05) is 12.1 Å². The Kier molecular flexibility index (Phi) is 4.92. The van der Waals surface area contributed by atoms with Gasteiger partial charge in [0.05, 0.1) is 24.7 Å². The van der Waals surface area contributed by atoms with Gasteiger partial charge in [-0.2, -0.15) is 0 Å². The minimum atomic E-state index is 0.711. The minimum absolute atomic E-state index is 0.711. The van der Waals surface area contributed by atoms with Crippen LogP contribution in [0.25, 0.3) is 0 Å². The summed E-state index contributed by atoms with van der Waals surface area (Å²) in [4.78, 5) is 11.0. The van der Waals surface area contributed by atoms with Crippen molar-refractivity contribution < 1.29 is 4.42 Å². The number of hydrogen-bond donors (Lipinski definition) is 1. The lowest BCUT2D eigenvalue weighted by Gasteiger charge is -2.20. The van der Waals surface area contributed by atoms with E-state index in [4.69, 9.17) is 4.42 Å². The van der Waals surface area contributed by atoms with Gasteiger partial charge in [-0.3, -0.25) is 4.98 Å². The van der Waals surface area contributed by atoms with Crippen molar-refractivity contribution in [1.82, 2.24) is 15.3 Å². The monoisotopic (exact) mass is 260 g/mol. The molecule has 0 aliphatic rings. The molecule has 5 heteroatoms. The highest BCUT2D eigenvalue weighted by molar-refractivity contribution is 5.36. The highest BCUT2D eigenvalue weighted by Crippen LogP contribution is 2.14. The summed E-state index contributed by atoms with van der Waals surface area (Å²) in [6.45, 7) is 7.42. The van der Waals surface area contributed by atoms with Gasteiger partial charge >= 0.3 is 0 Å². The summed E-state index contributed by atoms with van der Waals surface area (Å²) in [6.07, 6.45) is 5.28. The third kappa shape index (κ3) is 3.79. The van der Waals surface area contributed by atoms with E-state index in [2.05, 4.69) is 34.0 Å². The maximum Gasteiger partial charge on any atom is 0.147 e. The average molecular weight is 260 g/mol. The Hall–Kier alpha value is -1.88. The molecule has 0 saturated heterocycles. The first kappa shape index (κ1) is 13.5. The lowest BCUT2D eigenvalue weighted by molar-refractivity contribution is 0.502. The number of nitrogens with zero attached hydrogens (tertiary/aromatic N) is 3. The van der Waals surface area contributed by atoms with Gasteiger partial charge in [-0.1, -0.05) is 6.92 Å². The van der Waals surface area contributed by atoms with Gasteiger partial charge in [0.15, 0.2) is 0 Å². The predicted octanol–water partition coefficient (Wildman–Crippen LogP) is 2.21. The maximum absolute atomic E-state index is 5.38. The number of aromatic nitrogens is 2. The smallest absolute Gasteiger partial charge is 0.147 e. The van der Waals surface area contributed by atoms with Crippen LogP contribution in [0.3, 0.4) is 0 Å². The first-order valence-electron chi connectivity index (χ1n) is 6.62. The zero-order chi connectivity index (χ0) is 13.5. The molecular weight excluding hydrogens is 240 g/mol. The molecule has 0 radical (unpaired) electrons. The lowest BCUT2D eigenvalue weighted by Crippen LogP contribution is -2.24. The zero-order valence-corrected chi connectivity index (χ0v) is 11.5. The number of anilines is 1. The van der Waals surface area contributed by atoms with Crippen LogP contribution in [-0.2, 0) is 13.1 Å². The molecule has 0 spiro atoms.